The molecule has 1 heterocycles. The molecule has 0 aliphatic carbocycles. The Morgan fingerprint density at radius 3 is 2.71 bits per heavy atom. The Morgan fingerprint density at radius 2 is 2.04 bits per heavy atom. The second-order valence-corrected chi connectivity index (χ2v) is 5.78. The van der Waals surface area contributed by atoms with Gasteiger partial charge in [-0.3, -0.25) is 9.59 Å². The lowest BCUT2D eigenvalue weighted by atomic mass is 10.0. The minimum atomic E-state index is -0.642. The molecule has 0 radical (unpaired) electrons. The van der Waals surface area contributed by atoms with Crippen LogP contribution in [0.1, 0.15) is 35.2 Å². The number of hydrogen-bond donors (Lipinski definition) is 1. The molecule has 7 heteroatoms. The van der Waals surface area contributed by atoms with Crippen LogP contribution in [0.15, 0.2) is 18.2 Å². The van der Waals surface area contributed by atoms with E-state index in [9.17, 15) is 14.4 Å². The zero-order valence-corrected chi connectivity index (χ0v) is 13.9. The molecule has 1 aromatic carbocycles. The normalized spacial score (nSPS) is 17.2. The van der Waals surface area contributed by atoms with Gasteiger partial charge in [-0.1, -0.05) is 11.6 Å². The van der Waals surface area contributed by atoms with Crippen molar-refractivity contribution in [2.45, 2.75) is 32.2 Å². The monoisotopic (exact) mass is 334 g/mol. The second-order valence-electron chi connectivity index (χ2n) is 5.78. The Labute approximate surface area is 140 Å². The fraction of sp³-hybridized carbons (Fsp3) is 0.471. The molecule has 0 bridgehead atoms. The van der Waals surface area contributed by atoms with E-state index in [1.165, 1.54) is 12.0 Å². The fourth-order valence-electron chi connectivity index (χ4n) is 2.80. The van der Waals surface area contributed by atoms with Crippen molar-refractivity contribution < 1.29 is 23.9 Å². The number of primary amides is 1. The first-order valence-corrected chi connectivity index (χ1v) is 7.84. The van der Waals surface area contributed by atoms with Gasteiger partial charge in [-0.05, 0) is 38.3 Å². The molecule has 0 saturated carbocycles. The summed E-state index contributed by atoms with van der Waals surface area (Å²) in [5.74, 6) is -1.21. The predicted octanol–water partition coefficient (Wildman–Crippen LogP) is 1.03. The van der Waals surface area contributed by atoms with Gasteiger partial charge < -0.3 is 20.1 Å². The number of carbonyl (C=O) groups excluding carboxylic acids is 3. The summed E-state index contributed by atoms with van der Waals surface area (Å²) in [6, 6.07) is 4.49. The summed E-state index contributed by atoms with van der Waals surface area (Å²) in [5, 5.41) is 0. The average molecular weight is 334 g/mol. The number of nitrogens with zero attached hydrogens (tertiary/aromatic N) is 1. The third kappa shape index (κ3) is 4.04. The number of amides is 2. The maximum Gasteiger partial charge on any atom is 0.342 e. The molecule has 0 spiro atoms. The number of carbonyl (C=O) groups is 3. The van der Waals surface area contributed by atoms with Crippen molar-refractivity contribution in [2.24, 2.45) is 5.73 Å². The Kier molecular flexibility index (Phi) is 5.78. The van der Waals surface area contributed by atoms with Gasteiger partial charge in [0.25, 0.3) is 5.91 Å². The van der Waals surface area contributed by atoms with E-state index >= 15 is 0 Å². The van der Waals surface area contributed by atoms with Gasteiger partial charge in [0.2, 0.25) is 5.91 Å². The van der Waals surface area contributed by atoms with Crippen LogP contribution in [0, 0.1) is 6.92 Å². The van der Waals surface area contributed by atoms with Crippen LogP contribution < -0.4 is 10.5 Å². The van der Waals surface area contributed by atoms with Gasteiger partial charge in [-0.25, -0.2) is 4.79 Å². The summed E-state index contributed by atoms with van der Waals surface area (Å²) in [5.41, 5.74) is 6.47. The molecule has 2 rings (SSSR count). The summed E-state index contributed by atoms with van der Waals surface area (Å²) in [4.78, 5) is 37.3. The minimum absolute atomic E-state index is 0.260. The first-order chi connectivity index (χ1) is 11.4. The van der Waals surface area contributed by atoms with E-state index in [4.69, 9.17) is 15.2 Å². The fourth-order valence-corrected chi connectivity index (χ4v) is 2.80. The predicted molar refractivity (Wildman–Crippen MR) is 86.6 cm³/mol. The third-order valence-corrected chi connectivity index (χ3v) is 4.05. The smallest absolute Gasteiger partial charge is 0.342 e. The topological polar surface area (TPSA) is 98.9 Å². The number of hydrogen-bond acceptors (Lipinski definition) is 5. The number of ether oxygens (including phenoxy) is 2. The van der Waals surface area contributed by atoms with Crippen LogP contribution in [-0.4, -0.2) is 49.0 Å². The highest BCUT2D eigenvalue weighted by Crippen LogP contribution is 2.21. The first-order valence-electron chi connectivity index (χ1n) is 7.84. The summed E-state index contributed by atoms with van der Waals surface area (Å²) in [6.45, 7) is 1.85. The highest BCUT2D eigenvalue weighted by molar-refractivity contribution is 5.94. The standard InChI is InChI=1S/C17H22N2O5/c1-11-6-7-14(23-2)12(9-11)17(22)24-10-15(20)19-8-4-3-5-13(19)16(18)21/h6-7,9,13H,3-5,8,10H2,1-2H3,(H2,18,21)/t13-/m0/s1. The maximum atomic E-state index is 12.3. The summed E-state index contributed by atoms with van der Waals surface area (Å²) in [6.07, 6.45) is 2.19. The molecular formula is C17H22N2O5. The van der Waals surface area contributed by atoms with Crippen molar-refractivity contribution in [1.82, 2.24) is 4.90 Å². The number of rotatable bonds is 5. The first kappa shape index (κ1) is 17.8. The summed E-state index contributed by atoms with van der Waals surface area (Å²) < 4.78 is 10.2. The Bertz CT molecular complexity index is 644. The van der Waals surface area contributed by atoms with E-state index in [2.05, 4.69) is 0 Å². The van der Waals surface area contributed by atoms with Crippen molar-refractivity contribution >= 4 is 17.8 Å². The van der Waals surface area contributed by atoms with Crippen molar-refractivity contribution in [3.05, 3.63) is 29.3 Å². The van der Waals surface area contributed by atoms with Crippen molar-refractivity contribution in [1.29, 1.82) is 0 Å². The zero-order valence-electron chi connectivity index (χ0n) is 13.9. The van der Waals surface area contributed by atoms with Crippen LogP contribution in [0.2, 0.25) is 0 Å². The Hall–Kier alpha value is -2.57. The molecule has 0 unspecified atom stereocenters. The number of benzene rings is 1. The van der Waals surface area contributed by atoms with Crippen LogP contribution in [0.5, 0.6) is 5.75 Å². The Balaban J connectivity index is 2.02. The molecule has 7 nitrogen and oxygen atoms in total. The quantitative estimate of drug-likeness (QED) is 0.811. The number of aryl methyl sites for hydroxylation is 1. The molecule has 24 heavy (non-hydrogen) atoms. The van der Waals surface area contributed by atoms with Crippen LogP contribution in [0.3, 0.4) is 0 Å². The molecule has 1 aliphatic rings. The van der Waals surface area contributed by atoms with E-state index in [-0.39, 0.29) is 5.56 Å². The van der Waals surface area contributed by atoms with E-state index < -0.39 is 30.4 Å². The van der Waals surface area contributed by atoms with Gasteiger partial charge in [-0.2, -0.15) is 0 Å². The van der Waals surface area contributed by atoms with Crippen LogP contribution >= 0.6 is 0 Å². The summed E-state index contributed by atoms with van der Waals surface area (Å²) in [7, 11) is 1.46. The molecule has 0 aromatic heterocycles. The van der Waals surface area contributed by atoms with Crippen molar-refractivity contribution in [3.63, 3.8) is 0 Å². The van der Waals surface area contributed by atoms with Gasteiger partial charge in [0.05, 0.1) is 7.11 Å². The third-order valence-electron chi connectivity index (χ3n) is 4.05. The van der Waals surface area contributed by atoms with Crippen molar-refractivity contribution in [2.75, 3.05) is 20.3 Å². The van der Waals surface area contributed by atoms with Crippen LogP contribution in [0.4, 0.5) is 0 Å². The number of piperidine rings is 1. The molecular weight excluding hydrogens is 312 g/mol. The van der Waals surface area contributed by atoms with E-state index in [1.54, 1.807) is 12.1 Å². The molecule has 1 atom stereocenters. The highest BCUT2D eigenvalue weighted by atomic mass is 16.5. The van der Waals surface area contributed by atoms with Gasteiger partial charge >= 0.3 is 5.97 Å². The second kappa shape index (κ2) is 7.81. The van der Waals surface area contributed by atoms with Crippen molar-refractivity contribution in [3.8, 4) is 5.75 Å². The van der Waals surface area contributed by atoms with E-state index in [0.29, 0.717) is 18.7 Å². The number of methoxy groups -OCH3 is 1. The lowest BCUT2D eigenvalue weighted by Gasteiger charge is -2.33. The molecule has 1 fully saturated rings. The highest BCUT2D eigenvalue weighted by Gasteiger charge is 2.31. The number of esters is 1. The molecule has 2 N–H and O–H groups in total. The van der Waals surface area contributed by atoms with Gasteiger partial charge in [0.15, 0.2) is 6.61 Å². The lowest BCUT2D eigenvalue weighted by Crippen LogP contribution is -2.51. The SMILES string of the molecule is COc1ccc(C)cc1C(=O)OCC(=O)N1CCCC[C@H]1C(N)=O. The van der Waals surface area contributed by atoms with Gasteiger partial charge in [0.1, 0.15) is 17.4 Å². The average Bonchev–Trinajstić information content (AvgIpc) is 2.59. The maximum absolute atomic E-state index is 12.3. The molecule has 2 amide bonds. The molecule has 1 aliphatic heterocycles. The number of nitrogens with two attached hydrogens (primary N) is 1. The molecule has 1 aromatic rings. The summed E-state index contributed by atoms with van der Waals surface area (Å²) >= 11 is 0. The van der Waals surface area contributed by atoms with E-state index in [1.807, 2.05) is 13.0 Å². The largest absolute Gasteiger partial charge is 0.496 e. The Morgan fingerprint density at radius 1 is 1.29 bits per heavy atom. The minimum Gasteiger partial charge on any atom is -0.496 e. The van der Waals surface area contributed by atoms with Crippen LogP contribution in [0.25, 0.3) is 0 Å². The van der Waals surface area contributed by atoms with Gasteiger partial charge in [0, 0.05) is 6.54 Å². The van der Waals surface area contributed by atoms with Crippen LogP contribution in [-0.2, 0) is 14.3 Å². The lowest BCUT2D eigenvalue weighted by molar-refractivity contribution is -0.143. The molecule has 1 saturated heterocycles. The number of likely N-dealkylation sites (tertiary alicyclic amines) is 1. The van der Waals surface area contributed by atoms with E-state index in [0.717, 1.165) is 18.4 Å². The zero-order chi connectivity index (χ0) is 17.7. The molecule has 130 valence electrons. The van der Waals surface area contributed by atoms with Gasteiger partial charge in [-0.15, -0.1) is 0 Å².